The lowest BCUT2D eigenvalue weighted by Gasteiger charge is -2.09. The summed E-state index contributed by atoms with van der Waals surface area (Å²) in [6.45, 7) is 0.580. The van der Waals surface area contributed by atoms with Crippen LogP contribution in [0.1, 0.15) is 22.6 Å². The summed E-state index contributed by atoms with van der Waals surface area (Å²) in [7, 11) is 1.85. The second kappa shape index (κ2) is 6.01. The number of nitrogens with zero attached hydrogens (tertiary/aromatic N) is 5. The number of aromatic nitrogens is 4. The number of fused-ring (bicyclic) bond motifs is 1. The maximum Gasteiger partial charge on any atom is 0.407 e. The maximum absolute atomic E-state index is 11.4. The average molecular weight is 335 g/mol. The van der Waals surface area contributed by atoms with Gasteiger partial charge in [0.15, 0.2) is 0 Å². The minimum atomic E-state index is -0.949. The number of hydrogen-bond donors (Lipinski definition) is 1. The fourth-order valence-corrected chi connectivity index (χ4v) is 3.05. The lowest BCUT2D eigenvalue weighted by Crippen LogP contribution is -2.22. The molecule has 0 radical (unpaired) electrons. The highest BCUT2D eigenvalue weighted by Crippen LogP contribution is 2.30. The van der Waals surface area contributed by atoms with Crippen LogP contribution in [-0.2, 0) is 26.6 Å². The molecule has 0 bridgehead atoms. The summed E-state index contributed by atoms with van der Waals surface area (Å²) in [5.74, 6) is 0.679. The molecule has 126 valence electrons. The highest BCUT2D eigenvalue weighted by Gasteiger charge is 2.29. The van der Waals surface area contributed by atoms with Crippen molar-refractivity contribution in [2.45, 2.75) is 19.5 Å². The van der Waals surface area contributed by atoms with Crippen molar-refractivity contribution in [2.75, 3.05) is 0 Å². The minimum absolute atomic E-state index is 0.287. The lowest BCUT2D eigenvalue weighted by molar-refractivity contribution is 0.145. The van der Waals surface area contributed by atoms with Crippen LogP contribution in [0.3, 0.4) is 0 Å². The average Bonchev–Trinajstić information content (AvgIpc) is 3.21. The van der Waals surface area contributed by atoms with E-state index in [0.29, 0.717) is 18.8 Å². The topological polar surface area (TPSA) is 84.1 Å². The first-order valence-electron chi connectivity index (χ1n) is 8.00. The summed E-state index contributed by atoms with van der Waals surface area (Å²) in [4.78, 5) is 22.0. The van der Waals surface area contributed by atoms with E-state index < -0.39 is 6.09 Å². The van der Waals surface area contributed by atoms with Gasteiger partial charge in [0.05, 0.1) is 24.5 Å². The molecule has 0 atom stereocenters. The van der Waals surface area contributed by atoms with Crippen LogP contribution in [0.5, 0.6) is 0 Å². The molecule has 1 N–H and O–H groups in total. The van der Waals surface area contributed by atoms with Crippen LogP contribution in [0.25, 0.3) is 11.4 Å². The molecule has 0 saturated heterocycles. The van der Waals surface area contributed by atoms with Crippen LogP contribution in [0.4, 0.5) is 4.79 Å². The molecule has 1 aliphatic heterocycles. The van der Waals surface area contributed by atoms with Gasteiger partial charge in [-0.1, -0.05) is 30.3 Å². The van der Waals surface area contributed by atoms with E-state index in [1.54, 1.807) is 4.68 Å². The number of amides is 1. The fraction of sp³-hybridized carbons (Fsp3) is 0.222. The Morgan fingerprint density at radius 2 is 1.96 bits per heavy atom. The van der Waals surface area contributed by atoms with Gasteiger partial charge in [-0.25, -0.2) is 14.8 Å². The van der Waals surface area contributed by atoms with Gasteiger partial charge in [-0.3, -0.25) is 9.58 Å². The maximum atomic E-state index is 11.4. The van der Waals surface area contributed by atoms with Gasteiger partial charge in [0.25, 0.3) is 0 Å². The normalized spacial score (nSPS) is 13.1. The number of carbonyl (C=O) groups is 1. The molecule has 2 aromatic heterocycles. The van der Waals surface area contributed by atoms with Crippen LogP contribution in [0, 0.1) is 0 Å². The van der Waals surface area contributed by atoms with Crippen molar-refractivity contribution in [3.63, 3.8) is 0 Å². The first-order valence-corrected chi connectivity index (χ1v) is 8.00. The summed E-state index contributed by atoms with van der Waals surface area (Å²) in [6.07, 6.45) is 1.50. The molecule has 4 rings (SSSR count). The third kappa shape index (κ3) is 2.96. The summed E-state index contributed by atoms with van der Waals surface area (Å²) in [5, 5.41) is 13.8. The van der Waals surface area contributed by atoms with E-state index in [9.17, 15) is 9.90 Å². The zero-order chi connectivity index (χ0) is 17.4. The third-order valence-corrected chi connectivity index (χ3v) is 4.26. The van der Waals surface area contributed by atoms with Gasteiger partial charge in [0.1, 0.15) is 11.5 Å². The molecular formula is C18H17N5O2. The highest BCUT2D eigenvalue weighted by atomic mass is 16.4. The zero-order valence-corrected chi connectivity index (χ0v) is 13.8. The van der Waals surface area contributed by atoms with E-state index in [1.807, 2.05) is 49.6 Å². The van der Waals surface area contributed by atoms with Crippen molar-refractivity contribution < 1.29 is 9.90 Å². The van der Waals surface area contributed by atoms with Gasteiger partial charge in [-0.15, -0.1) is 0 Å². The SMILES string of the molecule is Cn1ccc(-c2nc(Cc3ccccc3)nc3c2CN(C(=O)O)C3)n1. The molecule has 0 unspecified atom stereocenters. The number of aryl methyl sites for hydroxylation is 1. The molecule has 0 aliphatic carbocycles. The second-order valence-electron chi connectivity index (χ2n) is 6.09. The molecule has 25 heavy (non-hydrogen) atoms. The van der Waals surface area contributed by atoms with Crippen LogP contribution in [-0.4, -0.2) is 35.8 Å². The van der Waals surface area contributed by atoms with Gasteiger partial charge < -0.3 is 5.11 Å². The second-order valence-corrected chi connectivity index (χ2v) is 6.09. The summed E-state index contributed by atoms with van der Waals surface area (Å²) in [6, 6.07) is 11.9. The molecular weight excluding hydrogens is 318 g/mol. The molecule has 0 spiro atoms. The number of benzene rings is 1. The van der Waals surface area contributed by atoms with E-state index in [-0.39, 0.29) is 6.54 Å². The number of hydrogen-bond acceptors (Lipinski definition) is 4. The Kier molecular flexibility index (Phi) is 3.68. The van der Waals surface area contributed by atoms with Crippen molar-refractivity contribution in [1.29, 1.82) is 0 Å². The molecule has 7 nitrogen and oxygen atoms in total. The number of carboxylic acid groups (broad SMARTS) is 1. The van der Waals surface area contributed by atoms with Gasteiger partial charge >= 0.3 is 6.09 Å². The molecule has 1 amide bonds. The Balaban J connectivity index is 1.78. The Morgan fingerprint density at radius 3 is 2.64 bits per heavy atom. The standard InChI is InChI=1S/C18H17N5O2/c1-22-8-7-14(21-22)17-13-10-23(18(24)25)11-15(13)19-16(20-17)9-12-5-3-2-4-6-12/h2-8H,9-11H2,1H3,(H,24,25). The largest absolute Gasteiger partial charge is 0.465 e. The minimum Gasteiger partial charge on any atom is -0.465 e. The Hall–Kier alpha value is -3.22. The molecule has 1 aliphatic rings. The molecule has 7 heteroatoms. The van der Waals surface area contributed by atoms with E-state index in [2.05, 4.69) is 10.1 Å². The fourth-order valence-electron chi connectivity index (χ4n) is 3.05. The Labute approximate surface area is 144 Å². The van der Waals surface area contributed by atoms with Crippen molar-refractivity contribution in [3.05, 3.63) is 65.2 Å². The molecule has 3 aromatic rings. The van der Waals surface area contributed by atoms with E-state index in [0.717, 1.165) is 28.2 Å². The number of rotatable bonds is 3. The Bertz CT molecular complexity index is 936. The van der Waals surface area contributed by atoms with Crippen LogP contribution in [0.2, 0.25) is 0 Å². The first kappa shape index (κ1) is 15.3. The third-order valence-electron chi connectivity index (χ3n) is 4.26. The van der Waals surface area contributed by atoms with E-state index >= 15 is 0 Å². The van der Waals surface area contributed by atoms with Gasteiger partial charge in [-0.2, -0.15) is 5.10 Å². The summed E-state index contributed by atoms with van der Waals surface area (Å²) < 4.78 is 1.71. The van der Waals surface area contributed by atoms with Gasteiger partial charge in [-0.05, 0) is 11.6 Å². The van der Waals surface area contributed by atoms with Crippen molar-refractivity contribution in [3.8, 4) is 11.4 Å². The summed E-state index contributed by atoms with van der Waals surface area (Å²) >= 11 is 0. The monoisotopic (exact) mass is 335 g/mol. The van der Waals surface area contributed by atoms with Crippen molar-refractivity contribution in [2.24, 2.45) is 7.05 Å². The van der Waals surface area contributed by atoms with E-state index in [1.165, 1.54) is 4.90 Å². The quantitative estimate of drug-likeness (QED) is 0.795. The van der Waals surface area contributed by atoms with Crippen molar-refractivity contribution >= 4 is 6.09 Å². The molecule has 0 fully saturated rings. The highest BCUT2D eigenvalue weighted by molar-refractivity contribution is 5.68. The van der Waals surface area contributed by atoms with Crippen LogP contribution < -0.4 is 0 Å². The zero-order valence-electron chi connectivity index (χ0n) is 13.8. The van der Waals surface area contributed by atoms with Gasteiger partial charge in [0.2, 0.25) is 0 Å². The lowest BCUT2D eigenvalue weighted by atomic mass is 10.1. The predicted molar refractivity (Wildman–Crippen MR) is 90.8 cm³/mol. The van der Waals surface area contributed by atoms with Crippen LogP contribution >= 0.6 is 0 Å². The van der Waals surface area contributed by atoms with E-state index in [4.69, 9.17) is 4.98 Å². The Morgan fingerprint density at radius 1 is 1.16 bits per heavy atom. The molecule has 3 heterocycles. The van der Waals surface area contributed by atoms with Crippen LogP contribution in [0.15, 0.2) is 42.6 Å². The smallest absolute Gasteiger partial charge is 0.407 e. The predicted octanol–water partition coefficient (Wildman–Crippen LogP) is 2.46. The summed E-state index contributed by atoms with van der Waals surface area (Å²) in [5.41, 5.74) is 4.19. The molecule has 1 aromatic carbocycles. The van der Waals surface area contributed by atoms with Gasteiger partial charge in [0, 0.05) is 25.2 Å². The first-order chi connectivity index (χ1) is 12.1. The van der Waals surface area contributed by atoms with Crippen molar-refractivity contribution in [1.82, 2.24) is 24.6 Å². The molecule has 0 saturated carbocycles.